The maximum absolute atomic E-state index is 12.2. The second-order valence-corrected chi connectivity index (χ2v) is 4.04. The average molecular weight is 277 g/mol. The van der Waals surface area contributed by atoms with Crippen LogP contribution in [-0.2, 0) is 0 Å². The summed E-state index contributed by atoms with van der Waals surface area (Å²) in [6, 6.07) is 1.52. The van der Waals surface area contributed by atoms with Gasteiger partial charge in [-0.15, -0.1) is 0 Å². The highest BCUT2D eigenvalue weighted by molar-refractivity contribution is 6.04. The van der Waals surface area contributed by atoms with Crippen molar-refractivity contribution in [2.24, 2.45) is 0 Å². The molecule has 2 N–H and O–H groups in total. The van der Waals surface area contributed by atoms with Gasteiger partial charge < -0.3 is 9.47 Å². The largest absolute Gasteiger partial charge is 0.481 e. The summed E-state index contributed by atoms with van der Waals surface area (Å²) < 4.78 is 10.0. The topological polar surface area (TPSA) is 102 Å². The molecule has 20 heavy (non-hydrogen) atoms. The minimum absolute atomic E-state index is 0.103. The van der Waals surface area contributed by atoms with E-state index >= 15 is 0 Å². The molecule has 2 rings (SSSR count). The third kappa shape index (κ3) is 2.68. The smallest absolute Gasteiger partial charge is 0.261 e. The lowest BCUT2D eigenvalue weighted by Gasteiger charge is -2.07. The number of carbonyl (C=O) groups is 1. The molecule has 8 nitrogen and oxygen atoms in total. The summed E-state index contributed by atoms with van der Waals surface area (Å²) in [5.74, 6) is 0.357. The van der Waals surface area contributed by atoms with Gasteiger partial charge in [-0.1, -0.05) is 0 Å². The van der Waals surface area contributed by atoms with Crippen LogP contribution < -0.4 is 14.8 Å². The Hall–Kier alpha value is -2.64. The fourth-order valence-electron chi connectivity index (χ4n) is 1.72. The molecule has 0 spiro atoms. The van der Waals surface area contributed by atoms with E-state index in [0.717, 1.165) is 0 Å². The maximum Gasteiger partial charge on any atom is 0.261 e. The van der Waals surface area contributed by atoms with Gasteiger partial charge in [0, 0.05) is 5.69 Å². The van der Waals surface area contributed by atoms with Crippen molar-refractivity contribution in [3.63, 3.8) is 0 Å². The molecule has 0 aliphatic carbocycles. The molecule has 0 unspecified atom stereocenters. The molecule has 2 heterocycles. The lowest BCUT2D eigenvalue weighted by Crippen LogP contribution is -2.16. The van der Waals surface area contributed by atoms with Crippen LogP contribution in [0.1, 0.15) is 21.7 Å². The second kappa shape index (κ2) is 5.55. The molecule has 0 aromatic carbocycles. The van der Waals surface area contributed by atoms with Crippen LogP contribution in [0.2, 0.25) is 0 Å². The van der Waals surface area contributed by atoms with Crippen molar-refractivity contribution in [2.45, 2.75) is 13.8 Å². The summed E-state index contributed by atoms with van der Waals surface area (Å²) in [7, 11) is 2.94. The Labute approximate surface area is 115 Å². The highest BCUT2D eigenvalue weighted by Gasteiger charge is 2.17. The van der Waals surface area contributed by atoms with Gasteiger partial charge in [-0.3, -0.25) is 15.2 Å². The van der Waals surface area contributed by atoms with Gasteiger partial charge in [0.2, 0.25) is 17.7 Å². The number of amides is 1. The standard InChI is InChI=1S/C12H15N5O3/c1-6-10(7(2)17-16-6)11(18)15-12-13-8(19-3)5-9(14-12)20-4/h5H,1-4H3,(H,16,17)(H,13,14,15,18). The first-order valence-corrected chi connectivity index (χ1v) is 5.85. The molecule has 2 aromatic rings. The van der Waals surface area contributed by atoms with Gasteiger partial charge in [-0.05, 0) is 13.8 Å². The molecule has 8 heteroatoms. The summed E-state index contributed by atoms with van der Waals surface area (Å²) in [6.45, 7) is 3.51. The number of H-pyrrole nitrogens is 1. The zero-order valence-corrected chi connectivity index (χ0v) is 11.6. The summed E-state index contributed by atoms with van der Waals surface area (Å²) in [6.07, 6.45) is 0. The van der Waals surface area contributed by atoms with Crippen molar-refractivity contribution >= 4 is 11.9 Å². The Bertz CT molecular complexity index is 596. The van der Waals surface area contributed by atoms with E-state index in [0.29, 0.717) is 28.7 Å². The lowest BCUT2D eigenvalue weighted by molar-refractivity contribution is 0.102. The van der Waals surface area contributed by atoms with Crippen molar-refractivity contribution in [3.05, 3.63) is 23.0 Å². The Morgan fingerprint density at radius 1 is 1.20 bits per heavy atom. The number of aromatic nitrogens is 4. The second-order valence-electron chi connectivity index (χ2n) is 4.04. The number of rotatable bonds is 4. The van der Waals surface area contributed by atoms with Gasteiger partial charge in [-0.25, -0.2) is 0 Å². The molecular weight excluding hydrogens is 262 g/mol. The normalized spacial score (nSPS) is 10.2. The van der Waals surface area contributed by atoms with Gasteiger partial charge >= 0.3 is 0 Å². The quantitative estimate of drug-likeness (QED) is 0.867. The molecule has 2 aromatic heterocycles. The summed E-state index contributed by atoms with van der Waals surface area (Å²) in [4.78, 5) is 20.2. The molecule has 0 radical (unpaired) electrons. The summed E-state index contributed by atoms with van der Waals surface area (Å²) >= 11 is 0. The van der Waals surface area contributed by atoms with Gasteiger partial charge in [0.15, 0.2) is 0 Å². The Morgan fingerprint density at radius 2 is 1.80 bits per heavy atom. The van der Waals surface area contributed by atoms with E-state index in [4.69, 9.17) is 9.47 Å². The van der Waals surface area contributed by atoms with Crippen molar-refractivity contribution in [2.75, 3.05) is 19.5 Å². The monoisotopic (exact) mass is 277 g/mol. The van der Waals surface area contributed by atoms with E-state index < -0.39 is 0 Å². The number of methoxy groups -OCH3 is 2. The van der Waals surface area contributed by atoms with Crippen LogP contribution in [0.4, 0.5) is 5.95 Å². The molecular formula is C12H15N5O3. The number of hydrogen-bond acceptors (Lipinski definition) is 6. The highest BCUT2D eigenvalue weighted by atomic mass is 16.5. The van der Waals surface area contributed by atoms with E-state index in [9.17, 15) is 4.79 Å². The lowest BCUT2D eigenvalue weighted by atomic mass is 10.2. The molecule has 0 saturated heterocycles. The van der Waals surface area contributed by atoms with Crippen molar-refractivity contribution in [3.8, 4) is 11.8 Å². The third-order valence-electron chi connectivity index (χ3n) is 2.68. The predicted molar refractivity (Wildman–Crippen MR) is 71.2 cm³/mol. The van der Waals surface area contributed by atoms with Gasteiger partial charge in [0.1, 0.15) is 0 Å². The molecule has 0 aliphatic rings. The van der Waals surface area contributed by atoms with Gasteiger partial charge in [0.25, 0.3) is 5.91 Å². The average Bonchev–Trinajstić information content (AvgIpc) is 2.77. The SMILES string of the molecule is COc1cc(OC)nc(NC(=O)c2c(C)n[nH]c2C)n1. The molecule has 106 valence electrons. The fraction of sp³-hybridized carbons (Fsp3) is 0.333. The highest BCUT2D eigenvalue weighted by Crippen LogP contribution is 2.18. The zero-order valence-electron chi connectivity index (χ0n) is 11.6. The van der Waals surface area contributed by atoms with Crippen LogP contribution in [-0.4, -0.2) is 40.3 Å². The summed E-state index contributed by atoms with van der Waals surface area (Å²) in [5.41, 5.74) is 1.75. The van der Waals surface area contributed by atoms with Crippen LogP contribution in [0.5, 0.6) is 11.8 Å². The van der Waals surface area contributed by atoms with E-state index in [1.54, 1.807) is 13.8 Å². The zero-order chi connectivity index (χ0) is 14.7. The number of aryl methyl sites for hydroxylation is 2. The third-order valence-corrected chi connectivity index (χ3v) is 2.68. The molecule has 0 bridgehead atoms. The van der Waals surface area contributed by atoms with E-state index in [-0.39, 0.29) is 11.9 Å². The number of hydrogen-bond donors (Lipinski definition) is 2. The first-order chi connectivity index (χ1) is 9.55. The van der Waals surface area contributed by atoms with Crippen LogP contribution in [0.15, 0.2) is 6.07 Å². The van der Waals surface area contributed by atoms with Crippen LogP contribution in [0.25, 0.3) is 0 Å². The molecule has 0 saturated carbocycles. The van der Waals surface area contributed by atoms with E-state index in [1.807, 2.05) is 0 Å². The Balaban J connectivity index is 2.28. The predicted octanol–water partition coefficient (Wildman–Crippen LogP) is 1.09. The van der Waals surface area contributed by atoms with Crippen LogP contribution in [0.3, 0.4) is 0 Å². The van der Waals surface area contributed by atoms with Crippen LogP contribution in [0, 0.1) is 13.8 Å². The molecule has 0 aliphatic heterocycles. The molecule has 1 amide bonds. The number of carbonyl (C=O) groups excluding carboxylic acids is 1. The fourth-order valence-corrected chi connectivity index (χ4v) is 1.72. The van der Waals surface area contributed by atoms with Crippen molar-refractivity contribution < 1.29 is 14.3 Å². The molecule has 0 fully saturated rings. The van der Waals surface area contributed by atoms with E-state index in [1.165, 1.54) is 20.3 Å². The molecule has 0 atom stereocenters. The minimum Gasteiger partial charge on any atom is -0.481 e. The summed E-state index contributed by atoms with van der Waals surface area (Å²) in [5, 5.41) is 9.31. The van der Waals surface area contributed by atoms with Gasteiger partial charge in [-0.2, -0.15) is 15.1 Å². The first kappa shape index (κ1) is 13.8. The van der Waals surface area contributed by atoms with Crippen molar-refractivity contribution in [1.82, 2.24) is 20.2 Å². The number of nitrogens with one attached hydrogen (secondary N) is 2. The Kier molecular flexibility index (Phi) is 3.83. The number of ether oxygens (including phenoxy) is 2. The van der Waals surface area contributed by atoms with Crippen LogP contribution >= 0.6 is 0 Å². The number of aromatic amines is 1. The Morgan fingerprint density at radius 3 is 2.25 bits per heavy atom. The number of anilines is 1. The van der Waals surface area contributed by atoms with E-state index in [2.05, 4.69) is 25.5 Å². The maximum atomic E-state index is 12.2. The number of nitrogens with zero attached hydrogens (tertiary/aromatic N) is 3. The first-order valence-electron chi connectivity index (χ1n) is 5.85. The van der Waals surface area contributed by atoms with Crippen molar-refractivity contribution in [1.29, 1.82) is 0 Å². The van der Waals surface area contributed by atoms with Gasteiger partial charge in [0.05, 0.1) is 31.5 Å². The minimum atomic E-state index is -0.343.